The molecule has 0 radical (unpaired) electrons. The van der Waals surface area contributed by atoms with E-state index in [4.69, 9.17) is 9.47 Å². The van der Waals surface area contributed by atoms with Crippen LogP contribution in [0.3, 0.4) is 0 Å². The zero-order chi connectivity index (χ0) is 20.6. The van der Waals surface area contributed by atoms with E-state index in [1.807, 2.05) is 11.6 Å². The lowest BCUT2D eigenvalue weighted by atomic mass is 9.76. The molecule has 4 rings (SSSR count). The lowest BCUT2D eigenvalue weighted by Gasteiger charge is -2.29. The molecule has 1 saturated carbocycles. The van der Waals surface area contributed by atoms with Crippen molar-refractivity contribution in [1.82, 2.24) is 19.7 Å². The third kappa shape index (κ3) is 3.98. The van der Waals surface area contributed by atoms with Crippen molar-refractivity contribution >= 4 is 6.29 Å². The molecule has 1 atom stereocenters. The van der Waals surface area contributed by atoms with Crippen LogP contribution in [0.4, 0.5) is 13.2 Å². The van der Waals surface area contributed by atoms with E-state index < -0.39 is 17.3 Å². The molecular weight excluding hydrogens is 389 g/mol. The van der Waals surface area contributed by atoms with E-state index in [-0.39, 0.29) is 24.3 Å². The van der Waals surface area contributed by atoms with Gasteiger partial charge in [0.25, 0.3) is 0 Å². The normalized spacial score (nSPS) is 26.9. The van der Waals surface area contributed by atoms with Gasteiger partial charge in [0.05, 0.1) is 12.2 Å². The Bertz CT molecular complexity index is 887. The molecule has 1 unspecified atom stereocenters. The predicted molar refractivity (Wildman–Crippen MR) is 94.0 cm³/mol. The van der Waals surface area contributed by atoms with Gasteiger partial charge in [-0.25, -0.2) is 4.98 Å². The van der Waals surface area contributed by atoms with Crippen LogP contribution in [0.15, 0.2) is 18.3 Å². The average molecular weight is 410 g/mol. The summed E-state index contributed by atoms with van der Waals surface area (Å²) >= 11 is 0. The van der Waals surface area contributed by atoms with Gasteiger partial charge in [-0.3, -0.25) is 0 Å². The Labute approximate surface area is 165 Å². The van der Waals surface area contributed by atoms with E-state index in [9.17, 15) is 18.0 Å². The number of hydrogen-bond donors (Lipinski definition) is 0. The van der Waals surface area contributed by atoms with Gasteiger partial charge in [-0.2, -0.15) is 13.2 Å². The van der Waals surface area contributed by atoms with Crippen molar-refractivity contribution < 1.29 is 27.4 Å². The van der Waals surface area contributed by atoms with E-state index in [1.165, 1.54) is 0 Å². The topological polar surface area (TPSA) is 82.4 Å². The second kappa shape index (κ2) is 7.40. The Hall–Kier alpha value is -2.49. The minimum absolute atomic E-state index is 0.0325. The predicted octanol–water partition coefficient (Wildman–Crippen LogP) is 3.05. The Morgan fingerprint density at radius 1 is 1.31 bits per heavy atom. The van der Waals surface area contributed by atoms with Crippen molar-refractivity contribution in [2.75, 3.05) is 6.61 Å². The number of carbonyl (C=O) groups excluding carboxylic acids is 1. The molecule has 1 saturated heterocycles. The third-order valence-corrected chi connectivity index (χ3v) is 5.87. The van der Waals surface area contributed by atoms with Crippen LogP contribution in [0.25, 0.3) is 0 Å². The number of pyridine rings is 1. The molecule has 2 aliphatic rings. The first kappa shape index (κ1) is 19.8. The summed E-state index contributed by atoms with van der Waals surface area (Å²) in [5.41, 5.74) is -1.38. The zero-order valence-corrected chi connectivity index (χ0v) is 15.9. The van der Waals surface area contributed by atoms with Gasteiger partial charge in [0.2, 0.25) is 5.88 Å². The maximum atomic E-state index is 12.8. The minimum atomic E-state index is -4.45. The molecule has 1 aliphatic carbocycles. The zero-order valence-electron chi connectivity index (χ0n) is 15.9. The number of nitrogens with zero attached hydrogens (tertiary/aromatic N) is 4. The van der Waals surface area contributed by atoms with Crippen molar-refractivity contribution in [3.8, 4) is 5.88 Å². The van der Waals surface area contributed by atoms with Crippen molar-refractivity contribution in [3.05, 3.63) is 35.5 Å². The molecule has 0 spiro atoms. The number of ether oxygens (including phenoxy) is 2. The maximum Gasteiger partial charge on any atom is 0.416 e. The van der Waals surface area contributed by atoms with Gasteiger partial charge >= 0.3 is 6.18 Å². The maximum absolute atomic E-state index is 12.8. The fourth-order valence-electron chi connectivity index (χ4n) is 3.98. The fraction of sp³-hybridized carbons (Fsp3) is 0.579. The SMILES string of the molecule is Cn1c(COc2cc(C(F)(F)F)ccn2)nnc1[C@H]1CC[C@H](C2(C=O)CO2)CC1. The summed E-state index contributed by atoms with van der Waals surface area (Å²) in [7, 11) is 1.82. The number of rotatable bonds is 6. The van der Waals surface area contributed by atoms with Crippen molar-refractivity contribution in [2.45, 2.75) is 50.0 Å². The number of aldehydes is 1. The monoisotopic (exact) mass is 410 g/mol. The van der Waals surface area contributed by atoms with Gasteiger partial charge in [-0.15, -0.1) is 10.2 Å². The Balaban J connectivity index is 1.38. The van der Waals surface area contributed by atoms with Gasteiger partial charge in [-0.1, -0.05) is 0 Å². The number of aromatic nitrogens is 4. The number of carbonyl (C=O) groups is 1. The number of alkyl halides is 3. The van der Waals surface area contributed by atoms with Gasteiger partial charge in [0.15, 0.2) is 12.1 Å². The first-order valence-corrected chi connectivity index (χ1v) is 9.47. The Kier molecular flexibility index (Phi) is 5.05. The average Bonchev–Trinajstić information content (AvgIpc) is 3.43. The molecule has 0 aromatic carbocycles. The van der Waals surface area contributed by atoms with Crippen LogP contribution >= 0.6 is 0 Å². The van der Waals surface area contributed by atoms with Crippen LogP contribution in [0, 0.1) is 5.92 Å². The van der Waals surface area contributed by atoms with E-state index in [1.54, 1.807) is 0 Å². The smallest absolute Gasteiger partial charge is 0.416 e. The van der Waals surface area contributed by atoms with Gasteiger partial charge in [0.1, 0.15) is 18.0 Å². The summed E-state index contributed by atoms with van der Waals surface area (Å²) < 4.78 is 51.0. The molecule has 29 heavy (non-hydrogen) atoms. The molecular formula is C19H21F3N4O3. The van der Waals surface area contributed by atoms with E-state index in [0.29, 0.717) is 12.4 Å². The highest BCUT2D eigenvalue weighted by Gasteiger charge is 2.52. The second-order valence-corrected chi connectivity index (χ2v) is 7.61. The molecule has 10 heteroatoms. The lowest BCUT2D eigenvalue weighted by molar-refractivity contribution is -0.137. The van der Waals surface area contributed by atoms with E-state index >= 15 is 0 Å². The molecule has 156 valence electrons. The molecule has 0 amide bonds. The molecule has 3 heterocycles. The number of epoxide rings is 1. The Morgan fingerprint density at radius 3 is 2.66 bits per heavy atom. The summed E-state index contributed by atoms with van der Waals surface area (Å²) in [5, 5.41) is 8.39. The van der Waals surface area contributed by atoms with Crippen molar-refractivity contribution in [3.63, 3.8) is 0 Å². The molecule has 0 bridgehead atoms. The second-order valence-electron chi connectivity index (χ2n) is 7.61. The first-order chi connectivity index (χ1) is 13.8. The van der Waals surface area contributed by atoms with Crippen LogP contribution < -0.4 is 4.74 Å². The van der Waals surface area contributed by atoms with E-state index in [0.717, 1.165) is 56.1 Å². The van der Waals surface area contributed by atoms with Crippen molar-refractivity contribution in [2.24, 2.45) is 13.0 Å². The third-order valence-electron chi connectivity index (χ3n) is 5.87. The molecule has 2 fully saturated rings. The van der Waals surface area contributed by atoms with Crippen LogP contribution in [0.1, 0.15) is 48.8 Å². The molecule has 2 aromatic rings. The molecule has 1 aliphatic heterocycles. The number of hydrogen-bond acceptors (Lipinski definition) is 6. The van der Waals surface area contributed by atoms with Crippen LogP contribution in [0.5, 0.6) is 5.88 Å². The molecule has 0 N–H and O–H groups in total. The van der Waals surface area contributed by atoms with Crippen LogP contribution in [0.2, 0.25) is 0 Å². The van der Waals surface area contributed by atoms with Gasteiger partial charge in [0, 0.05) is 25.2 Å². The lowest BCUT2D eigenvalue weighted by Crippen LogP contribution is -2.30. The highest BCUT2D eigenvalue weighted by atomic mass is 19.4. The highest BCUT2D eigenvalue weighted by Crippen LogP contribution is 2.45. The number of halogens is 3. The summed E-state index contributed by atoms with van der Waals surface area (Å²) in [4.78, 5) is 15.0. The van der Waals surface area contributed by atoms with Crippen LogP contribution in [-0.2, 0) is 29.4 Å². The van der Waals surface area contributed by atoms with Crippen molar-refractivity contribution in [1.29, 1.82) is 0 Å². The summed E-state index contributed by atoms with van der Waals surface area (Å²) in [6, 6.07) is 1.76. The summed E-state index contributed by atoms with van der Waals surface area (Å²) in [5.74, 6) is 1.67. The quantitative estimate of drug-likeness (QED) is 0.538. The fourth-order valence-corrected chi connectivity index (χ4v) is 3.98. The largest absolute Gasteiger partial charge is 0.469 e. The Morgan fingerprint density at radius 2 is 2.03 bits per heavy atom. The summed E-state index contributed by atoms with van der Waals surface area (Å²) in [6.07, 6.45) is 1.07. The minimum Gasteiger partial charge on any atom is -0.469 e. The standard InChI is InChI=1S/C19H21F3N4O3/c1-26-15(9-28-16-8-14(6-7-23-16)19(20,21)22)24-25-17(26)12-2-4-13(5-3-12)18(10-27)11-29-18/h6-8,10,12-13H,2-5,9,11H2,1H3/t12-,13-,18?. The van der Waals surface area contributed by atoms with Crippen LogP contribution in [-0.4, -0.2) is 38.2 Å². The van der Waals surface area contributed by atoms with Gasteiger partial charge in [-0.05, 0) is 37.7 Å². The van der Waals surface area contributed by atoms with Gasteiger partial charge < -0.3 is 18.8 Å². The highest BCUT2D eigenvalue weighted by molar-refractivity contribution is 5.67. The molecule has 2 aromatic heterocycles. The van der Waals surface area contributed by atoms with E-state index in [2.05, 4.69) is 15.2 Å². The first-order valence-electron chi connectivity index (χ1n) is 9.47. The summed E-state index contributed by atoms with van der Waals surface area (Å²) in [6.45, 7) is 0.482. The molecule has 7 nitrogen and oxygen atoms in total.